The van der Waals surface area contributed by atoms with Crippen molar-refractivity contribution in [2.75, 3.05) is 47.4 Å². The van der Waals surface area contributed by atoms with Gasteiger partial charge in [0.2, 0.25) is 5.95 Å². The van der Waals surface area contributed by atoms with Crippen LogP contribution in [0.4, 0.5) is 17.6 Å². The lowest BCUT2D eigenvalue weighted by molar-refractivity contribution is 0.632. The quantitative estimate of drug-likeness (QED) is 0.644. The minimum Gasteiger partial charge on any atom is -0.353 e. The highest BCUT2D eigenvalue weighted by molar-refractivity contribution is 5.48. The van der Waals surface area contributed by atoms with Crippen LogP contribution in [0.25, 0.3) is 0 Å². The first-order chi connectivity index (χ1) is 14.2. The molecule has 1 aliphatic heterocycles. The predicted molar refractivity (Wildman–Crippen MR) is 119 cm³/mol. The molecule has 1 aromatic carbocycles. The summed E-state index contributed by atoms with van der Waals surface area (Å²) in [4.78, 5) is 21.0. The Labute approximate surface area is 172 Å². The Morgan fingerprint density at radius 1 is 0.897 bits per heavy atom. The molecule has 3 aromatic rings. The van der Waals surface area contributed by atoms with E-state index in [2.05, 4.69) is 76.0 Å². The Morgan fingerprint density at radius 3 is 2.31 bits per heavy atom. The zero-order chi connectivity index (χ0) is 20.1. The number of anilines is 3. The van der Waals surface area contributed by atoms with Gasteiger partial charge < -0.3 is 14.7 Å². The molecule has 0 spiro atoms. The molecule has 150 valence electrons. The first-order valence-corrected chi connectivity index (χ1v) is 10.3. The number of pyridine rings is 1. The summed E-state index contributed by atoms with van der Waals surface area (Å²) in [5.41, 5.74) is 2.29. The van der Waals surface area contributed by atoms with Crippen molar-refractivity contribution < 1.29 is 0 Å². The van der Waals surface area contributed by atoms with Crippen molar-refractivity contribution in [1.29, 1.82) is 0 Å². The Hall–Kier alpha value is -3.15. The minimum atomic E-state index is 0.826. The van der Waals surface area contributed by atoms with E-state index in [0.717, 1.165) is 62.5 Å². The van der Waals surface area contributed by atoms with Crippen LogP contribution in [0.5, 0.6) is 0 Å². The molecule has 0 bridgehead atoms. The molecule has 0 saturated carbocycles. The second-order valence-electron chi connectivity index (χ2n) is 7.33. The van der Waals surface area contributed by atoms with E-state index in [0.29, 0.717) is 0 Å². The predicted octanol–water partition coefficient (Wildman–Crippen LogP) is 3.53. The molecule has 1 aliphatic rings. The topological polar surface area (TPSA) is 48.4 Å². The van der Waals surface area contributed by atoms with Gasteiger partial charge in [0, 0.05) is 57.2 Å². The molecule has 6 nitrogen and oxygen atoms in total. The van der Waals surface area contributed by atoms with Crippen LogP contribution < -0.4 is 14.7 Å². The maximum Gasteiger partial charge on any atom is 0.227 e. The molecular weight excluding hydrogens is 360 g/mol. The molecule has 6 heteroatoms. The van der Waals surface area contributed by atoms with Gasteiger partial charge >= 0.3 is 0 Å². The first kappa shape index (κ1) is 19.2. The van der Waals surface area contributed by atoms with E-state index in [1.807, 2.05) is 18.3 Å². The third-order valence-electron chi connectivity index (χ3n) is 5.29. The number of piperazine rings is 1. The molecule has 3 heterocycles. The normalized spacial score (nSPS) is 14.1. The van der Waals surface area contributed by atoms with E-state index in [1.165, 1.54) is 5.56 Å². The molecule has 0 radical (unpaired) electrons. The SMILES string of the molecule is CCN(Cc1ccccc1)c1cc(C)nc(N2CCN(c3ccccn3)CC2)n1. The van der Waals surface area contributed by atoms with Crippen LogP contribution in [0, 0.1) is 6.92 Å². The second kappa shape index (κ2) is 8.90. The number of hydrogen-bond donors (Lipinski definition) is 0. The Balaban J connectivity index is 1.48. The summed E-state index contributed by atoms with van der Waals surface area (Å²) in [6, 6.07) is 18.7. The van der Waals surface area contributed by atoms with Gasteiger partial charge in [0.05, 0.1) is 0 Å². The van der Waals surface area contributed by atoms with E-state index >= 15 is 0 Å². The van der Waals surface area contributed by atoms with Crippen LogP contribution in [-0.4, -0.2) is 47.7 Å². The maximum absolute atomic E-state index is 4.93. The zero-order valence-corrected chi connectivity index (χ0v) is 17.2. The molecule has 1 fully saturated rings. The average molecular weight is 389 g/mol. The molecular formula is C23H28N6. The van der Waals surface area contributed by atoms with Crippen molar-refractivity contribution in [2.45, 2.75) is 20.4 Å². The van der Waals surface area contributed by atoms with Crippen LogP contribution in [0.15, 0.2) is 60.8 Å². The van der Waals surface area contributed by atoms with Gasteiger partial charge in [-0.3, -0.25) is 0 Å². The molecule has 2 aromatic heterocycles. The summed E-state index contributed by atoms with van der Waals surface area (Å²) in [6.07, 6.45) is 1.85. The van der Waals surface area contributed by atoms with Gasteiger partial charge in [0.1, 0.15) is 11.6 Å². The maximum atomic E-state index is 4.93. The highest BCUT2D eigenvalue weighted by Gasteiger charge is 2.21. The fraction of sp³-hybridized carbons (Fsp3) is 0.348. The number of aryl methyl sites for hydroxylation is 1. The Bertz CT molecular complexity index is 907. The lowest BCUT2D eigenvalue weighted by Gasteiger charge is -2.35. The standard InChI is InChI=1S/C23H28N6/c1-3-27(18-20-9-5-4-6-10-20)22-17-19(2)25-23(26-22)29-15-13-28(14-16-29)21-11-7-8-12-24-21/h4-12,17H,3,13-16,18H2,1-2H3. The summed E-state index contributed by atoms with van der Waals surface area (Å²) in [5.74, 6) is 2.86. The van der Waals surface area contributed by atoms with E-state index in [4.69, 9.17) is 9.97 Å². The van der Waals surface area contributed by atoms with Crippen molar-refractivity contribution in [2.24, 2.45) is 0 Å². The van der Waals surface area contributed by atoms with Crippen LogP contribution >= 0.6 is 0 Å². The van der Waals surface area contributed by atoms with E-state index < -0.39 is 0 Å². The van der Waals surface area contributed by atoms with Crippen molar-refractivity contribution in [3.05, 3.63) is 72.1 Å². The van der Waals surface area contributed by atoms with E-state index in [9.17, 15) is 0 Å². The molecule has 0 atom stereocenters. The fourth-order valence-corrected chi connectivity index (χ4v) is 3.67. The summed E-state index contributed by atoms with van der Waals surface area (Å²) < 4.78 is 0. The molecule has 0 N–H and O–H groups in total. The Morgan fingerprint density at radius 2 is 1.62 bits per heavy atom. The fourth-order valence-electron chi connectivity index (χ4n) is 3.67. The monoisotopic (exact) mass is 388 g/mol. The lowest BCUT2D eigenvalue weighted by atomic mass is 10.2. The number of nitrogens with zero attached hydrogens (tertiary/aromatic N) is 6. The van der Waals surface area contributed by atoms with Crippen LogP contribution in [-0.2, 0) is 6.54 Å². The highest BCUT2D eigenvalue weighted by atomic mass is 15.3. The average Bonchev–Trinajstić information content (AvgIpc) is 2.78. The van der Waals surface area contributed by atoms with Crippen LogP contribution in [0.1, 0.15) is 18.2 Å². The van der Waals surface area contributed by atoms with Gasteiger partial charge in [0.15, 0.2) is 0 Å². The summed E-state index contributed by atoms with van der Waals surface area (Å²) in [7, 11) is 0. The first-order valence-electron chi connectivity index (χ1n) is 10.3. The van der Waals surface area contributed by atoms with Crippen molar-refractivity contribution in [3.63, 3.8) is 0 Å². The molecule has 0 aliphatic carbocycles. The smallest absolute Gasteiger partial charge is 0.227 e. The van der Waals surface area contributed by atoms with Gasteiger partial charge in [-0.25, -0.2) is 9.97 Å². The third kappa shape index (κ3) is 4.65. The van der Waals surface area contributed by atoms with Crippen LogP contribution in [0.2, 0.25) is 0 Å². The summed E-state index contributed by atoms with van der Waals surface area (Å²) in [5, 5.41) is 0. The minimum absolute atomic E-state index is 0.826. The number of benzene rings is 1. The highest BCUT2D eigenvalue weighted by Crippen LogP contribution is 2.21. The van der Waals surface area contributed by atoms with Gasteiger partial charge in [0.25, 0.3) is 0 Å². The zero-order valence-electron chi connectivity index (χ0n) is 17.2. The van der Waals surface area contributed by atoms with Crippen molar-refractivity contribution in [3.8, 4) is 0 Å². The van der Waals surface area contributed by atoms with Crippen molar-refractivity contribution >= 4 is 17.6 Å². The molecule has 1 saturated heterocycles. The van der Waals surface area contributed by atoms with E-state index in [1.54, 1.807) is 0 Å². The lowest BCUT2D eigenvalue weighted by Crippen LogP contribution is -2.47. The van der Waals surface area contributed by atoms with Gasteiger partial charge in [-0.15, -0.1) is 0 Å². The van der Waals surface area contributed by atoms with E-state index in [-0.39, 0.29) is 0 Å². The summed E-state index contributed by atoms with van der Waals surface area (Å²) >= 11 is 0. The Kier molecular flexibility index (Phi) is 5.89. The van der Waals surface area contributed by atoms with Crippen LogP contribution in [0.3, 0.4) is 0 Å². The molecule has 29 heavy (non-hydrogen) atoms. The number of hydrogen-bond acceptors (Lipinski definition) is 6. The van der Waals surface area contributed by atoms with Gasteiger partial charge in [-0.05, 0) is 31.5 Å². The van der Waals surface area contributed by atoms with Crippen molar-refractivity contribution in [1.82, 2.24) is 15.0 Å². The van der Waals surface area contributed by atoms with Gasteiger partial charge in [-0.2, -0.15) is 4.98 Å². The second-order valence-corrected chi connectivity index (χ2v) is 7.33. The summed E-state index contributed by atoms with van der Waals surface area (Å²) in [6.45, 7) is 9.60. The number of rotatable bonds is 6. The third-order valence-corrected chi connectivity index (χ3v) is 5.29. The molecule has 4 rings (SSSR count). The number of aromatic nitrogens is 3. The molecule has 0 unspecified atom stereocenters. The largest absolute Gasteiger partial charge is 0.353 e. The molecule has 0 amide bonds. The van der Waals surface area contributed by atoms with Gasteiger partial charge in [-0.1, -0.05) is 36.4 Å².